The van der Waals surface area contributed by atoms with E-state index in [4.69, 9.17) is 12.3 Å². The highest BCUT2D eigenvalue weighted by Crippen LogP contribution is 2.18. The Kier molecular flexibility index (Phi) is 9.39. The molecule has 1 amide bonds. The number of ketones is 1. The van der Waals surface area contributed by atoms with Gasteiger partial charge in [-0.2, -0.15) is 0 Å². The molecule has 0 saturated carbocycles. The maximum atomic E-state index is 12.1. The molecule has 0 aromatic rings. The number of hydrogen-bond acceptors (Lipinski definition) is 3. The number of carbonyl (C=O) groups excluding carboxylic acids is 2. The van der Waals surface area contributed by atoms with E-state index in [1.54, 1.807) is 20.8 Å². The molecule has 5 heteroatoms. The van der Waals surface area contributed by atoms with E-state index in [1.807, 2.05) is 0 Å². The molecule has 0 aliphatic carbocycles. The number of aliphatic carboxylic acids is 1. The molecule has 5 nitrogen and oxygen atoms in total. The van der Waals surface area contributed by atoms with Crippen LogP contribution in [0.25, 0.3) is 0 Å². The molecule has 176 valence electrons. The molecule has 2 N–H and O–H groups in total. The number of Topliss-reactive ketones (excluding diaryl/α,β-unsaturated/α-hetero) is 1. The fourth-order valence-electron chi connectivity index (χ4n) is 3.02. The Labute approximate surface area is 197 Å². The van der Waals surface area contributed by atoms with Crippen LogP contribution in [0.3, 0.4) is 0 Å². The number of carboxylic acids is 1. The third-order valence-electron chi connectivity index (χ3n) is 4.99. The monoisotopic (exact) mass is 434 g/mol. The van der Waals surface area contributed by atoms with Gasteiger partial charge in [-0.05, 0) is 12.8 Å². The second-order valence-electron chi connectivity index (χ2n) is 8.78. The number of rotatable bonds is 19. The zero-order valence-electron chi connectivity index (χ0n) is 27.9. The van der Waals surface area contributed by atoms with E-state index < -0.39 is 43.4 Å². The summed E-state index contributed by atoms with van der Waals surface area (Å²) in [6.07, 6.45) is -2.16. The van der Waals surface area contributed by atoms with Gasteiger partial charge in [0, 0.05) is 30.6 Å². The van der Waals surface area contributed by atoms with Crippen molar-refractivity contribution >= 4 is 17.7 Å². The molecule has 0 radical (unpaired) electrons. The molecular formula is C25H47NO4. The molecule has 0 aromatic heterocycles. The molecule has 0 aliphatic heterocycles. The van der Waals surface area contributed by atoms with Gasteiger partial charge in [-0.1, -0.05) is 105 Å². The maximum Gasteiger partial charge on any atom is 0.326 e. The third kappa shape index (κ3) is 16.4. The van der Waals surface area contributed by atoms with E-state index in [-0.39, 0.29) is 37.4 Å². The molecule has 30 heavy (non-hydrogen) atoms. The van der Waals surface area contributed by atoms with Crippen molar-refractivity contribution in [1.82, 2.24) is 5.32 Å². The maximum absolute atomic E-state index is 12.1. The molecule has 0 spiro atoms. The SMILES string of the molecule is [2H]C([2H])([2H])C([2H])([2H])C([2H])([2H])C([2H])([2H])CCCCCCCCCCCC(=O)N[C@@H](CCC(=O)C(C)(C)C)C(=O)O. The normalized spacial score (nSPS) is 18.8. The fraction of sp³-hybridized carbons (Fsp3) is 0.880. The average Bonchev–Trinajstić information content (AvgIpc) is 2.77. The minimum atomic E-state index is -3.31. The van der Waals surface area contributed by atoms with E-state index in [0.717, 1.165) is 38.5 Å². The molecule has 0 aromatic carbocycles. The van der Waals surface area contributed by atoms with Gasteiger partial charge in [0.15, 0.2) is 0 Å². The highest BCUT2D eigenvalue weighted by molar-refractivity contribution is 5.86. The number of amides is 1. The first kappa shape index (κ1) is 16.3. The summed E-state index contributed by atoms with van der Waals surface area (Å²) in [7, 11) is 0. The van der Waals surface area contributed by atoms with Gasteiger partial charge in [-0.15, -0.1) is 0 Å². The lowest BCUT2D eigenvalue weighted by molar-refractivity contribution is -0.142. The Morgan fingerprint density at radius 2 is 1.40 bits per heavy atom. The standard InChI is InChI=1S/C25H47NO4/c1-5-6-7-8-9-10-11-12-13-14-15-16-17-18-23(28)26-21(24(29)30)19-20-22(27)25(2,3)4/h21H,5-20H2,1-4H3,(H,26,28)(H,29,30)/t21-/m0/s1/i1D3,5D2,6D2,7D2. The number of carboxylic acid groups (broad SMARTS) is 1. The van der Waals surface area contributed by atoms with Crippen LogP contribution in [0.1, 0.15) is 143 Å². The second-order valence-corrected chi connectivity index (χ2v) is 8.78. The van der Waals surface area contributed by atoms with Crippen molar-refractivity contribution in [3.8, 4) is 0 Å². The first-order chi connectivity index (χ1) is 17.6. The highest BCUT2D eigenvalue weighted by atomic mass is 16.4. The van der Waals surface area contributed by atoms with Crippen LogP contribution in [0.4, 0.5) is 0 Å². The first-order valence-corrected chi connectivity index (χ1v) is 11.1. The van der Waals surface area contributed by atoms with Gasteiger partial charge in [-0.25, -0.2) is 4.79 Å². The predicted octanol–water partition coefficient (Wildman–Crippen LogP) is 6.43. The number of nitrogens with one attached hydrogen (secondary N) is 1. The number of unbranched alkanes of at least 4 members (excludes halogenated alkanes) is 8. The van der Waals surface area contributed by atoms with E-state index in [2.05, 4.69) is 5.32 Å². The van der Waals surface area contributed by atoms with Crippen LogP contribution in [-0.4, -0.2) is 28.8 Å². The van der Waals surface area contributed by atoms with Crippen molar-refractivity contribution in [2.45, 2.75) is 136 Å². The molecule has 0 aliphatic rings. The van der Waals surface area contributed by atoms with Crippen LogP contribution < -0.4 is 5.32 Å². The molecule has 0 saturated heterocycles. The third-order valence-corrected chi connectivity index (χ3v) is 4.99. The lowest BCUT2D eigenvalue weighted by atomic mass is 9.87. The van der Waals surface area contributed by atoms with Gasteiger partial charge in [0.05, 0.1) is 0 Å². The Balaban J connectivity index is 4.11. The molecule has 0 rings (SSSR count). The smallest absolute Gasteiger partial charge is 0.326 e. The Hall–Kier alpha value is -1.39. The van der Waals surface area contributed by atoms with E-state index in [9.17, 15) is 19.5 Å². The number of carbonyl (C=O) groups is 3. The summed E-state index contributed by atoms with van der Waals surface area (Å²) in [5.41, 5.74) is -0.554. The highest BCUT2D eigenvalue weighted by Gasteiger charge is 2.25. The first-order valence-electron chi connectivity index (χ1n) is 15.6. The van der Waals surface area contributed by atoms with Crippen LogP contribution in [0.2, 0.25) is 0 Å². The van der Waals surface area contributed by atoms with Crippen LogP contribution in [-0.2, 0) is 14.4 Å². The largest absolute Gasteiger partial charge is 0.480 e. The predicted molar refractivity (Wildman–Crippen MR) is 124 cm³/mol. The Morgan fingerprint density at radius 3 is 1.90 bits per heavy atom. The zero-order chi connectivity index (χ0) is 30.7. The minimum absolute atomic E-state index is 0.0537. The fourth-order valence-corrected chi connectivity index (χ4v) is 3.02. The van der Waals surface area contributed by atoms with Crippen molar-refractivity contribution in [3.05, 3.63) is 0 Å². The van der Waals surface area contributed by atoms with Crippen molar-refractivity contribution in [2.75, 3.05) is 0 Å². The van der Waals surface area contributed by atoms with Gasteiger partial charge in [0.25, 0.3) is 0 Å². The van der Waals surface area contributed by atoms with Gasteiger partial charge in [0.1, 0.15) is 11.8 Å². The van der Waals surface area contributed by atoms with Gasteiger partial charge < -0.3 is 10.4 Å². The second kappa shape index (κ2) is 17.3. The van der Waals surface area contributed by atoms with Crippen molar-refractivity contribution in [1.29, 1.82) is 0 Å². The van der Waals surface area contributed by atoms with Crippen LogP contribution in [0.15, 0.2) is 0 Å². The molecule has 0 heterocycles. The minimum Gasteiger partial charge on any atom is -0.480 e. The van der Waals surface area contributed by atoms with Gasteiger partial charge in [-0.3, -0.25) is 9.59 Å². The van der Waals surface area contributed by atoms with E-state index in [1.165, 1.54) is 0 Å². The van der Waals surface area contributed by atoms with Gasteiger partial charge >= 0.3 is 5.97 Å². The van der Waals surface area contributed by atoms with Crippen LogP contribution in [0.5, 0.6) is 0 Å². The van der Waals surface area contributed by atoms with E-state index >= 15 is 0 Å². The topological polar surface area (TPSA) is 83.5 Å². The van der Waals surface area contributed by atoms with Crippen LogP contribution >= 0.6 is 0 Å². The summed E-state index contributed by atoms with van der Waals surface area (Å²) < 4.78 is 68.5. The molecule has 0 bridgehead atoms. The average molecular weight is 435 g/mol. The van der Waals surface area contributed by atoms with Crippen molar-refractivity contribution in [3.63, 3.8) is 0 Å². The summed E-state index contributed by atoms with van der Waals surface area (Å²) >= 11 is 0. The van der Waals surface area contributed by atoms with E-state index in [0.29, 0.717) is 19.3 Å². The Bertz CT molecular complexity index is 793. The quantitative estimate of drug-likeness (QED) is 0.229. The van der Waals surface area contributed by atoms with Crippen LogP contribution in [0, 0.1) is 5.41 Å². The van der Waals surface area contributed by atoms with Crippen molar-refractivity contribution < 1.29 is 31.8 Å². The Morgan fingerprint density at radius 1 is 0.867 bits per heavy atom. The zero-order valence-corrected chi connectivity index (χ0v) is 18.9. The van der Waals surface area contributed by atoms with Crippen molar-refractivity contribution in [2.24, 2.45) is 5.41 Å². The summed E-state index contributed by atoms with van der Waals surface area (Å²) in [4.78, 5) is 35.5. The summed E-state index contributed by atoms with van der Waals surface area (Å²) in [5, 5.41) is 11.8. The molecular weight excluding hydrogens is 378 g/mol. The lowest BCUT2D eigenvalue weighted by Gasteiger charge is -2.19. The molecule has 0 fully saturated rings. The molecule has 1 atom stereocenters. The summed E-state index contributed by atoms with van der Waals surface area (Å²) in [6, 6.07) is -1.08. The summed E-state index contributed by atoms with van der Waals surface area (Å²) in [6.45, 7) is 2.03. The van der Waals surface area contributed by atoms with Gasteiger partial charge in [0.2, 0.25) is 5.91 Å². The molecule has 0 unspecified atom stereocenters. The lowest BCUT2D eigenvalue weighted by Crippen LogP contribution is -2.41. The summed E-state index contributed by atoms with van der Waals surface area (Å²) in [5.74, 6) is -1.56. The number of hydrogen-bond donors (Lipinski definition) is 2.